The molecule has 0 saturated carbocycles. The molecule has 0 atom stereocenters. The summed E-state index contributed by atoms with van der Waals surface area (Å²) in [6, 6.07) is 0. The van der Waals surface area contributed by atoms with Gasteiger partial charge in [-0.2, -0.15) is 5.10 Å². The standard InChI is InChI=1S/C10H13BrN4S/c1-6-8(7(2)15(3)14-6)4-12-10-13-9(11)5-16-10/h5H,4H2,1-3H3,(H,12,13). The van der Waals surface area contributed by atoms with Crippen molar-refractivity contribution in [1.82, 2.24) is 14.8 Å². The van der Waals surface area contributed by atoms with Crippen LogP contribution < -0.4 is 5.32 Å². The molecule has 0 bridgehead atoms. The summed E-state index contributed by atoms with van der Waals surface area (Å²) in [5.41, 5.74) is 3.51. The molecule has 0 aliphatic rings. The van der Waals surface area contributed by atoms with E-state index in [-0.39, 0.29) is 0 Å². The summed E-state index contributed by atoms with van der Waals surface area (Å²) in [5.74, 6) is 0. The fraction of sp³-hybridized carbons (Fsp3) is 0.400. The number of nitrogens with zero attached hydrogens (tertiary/aromatic N) is 3. The van der Waals surface area contributed by atoms with Gasteiger partial charge in [-0.05, 0) is 29.8 Å². The van der Waals surface area contributed by atoms with E-state index in [9.17, 15) is 0 Å². The van der Waals surface area contributed by atoms with Gasteiger partial charge in [-0.1, -0.05) is 0 Å². The summed E-state index contributed by atoms with van der Waals surface area (Å²) in [7, 11) is 1.96. The highest BCUT2D eigenvalue weighted by Gasteiger charge is 2.09. The van der Waals surface area contributed by atoms with E-state index in [0.29, 0.717) is 0 Å². The zero-order valence-electron chi connectivity index (χ0n) is 9.41. The van der Waals surface area contributed by atoms with Crippen molar-refractivity contribution >= 4 is 32.4 Å². The number of rotatable bonds is 3. The molecule has 2 aromatic heterocycles. The SMILES string of the molecule is Cc1nn(C)c(C)c1CNc1nc(Br)cs1. The van der Waals surface area contributed by atoms with Crippen LogP contribution in [0.1, 0.15) is 17.0 Å². The topological polar surface area (TPSA) is 42.7 Å². The molecule has 4 nitrogen and oxygen atoms in total. The van der Waals surface area contributed by atoms with Crippen LogP contribution in [0.4, 0.5) is 5.13 Å². The Labute approximate surface area is 107 Å². The minimum Gasteiger partial charge on any atom is -0.357 e. The van der Waals surface area contributed by atoms with E-state index in [1.165, 1.54) is 11.3 Å². The molecule has 86 valence electrons. The summed E-state index contributed by atoms with van der Waals surface area (Å²) in [6.07, 6.45) is 0. The van der Waals surface area contributed by atoms with E-state index < -0.39 is 0 Å². The summed E-state index contributed by atoms with van der Waals surface area (Å²) >= 11 is 4.93. The molecule has 0 spiro atoms. The van der Waals surface area contributed by atoms with Gasteiger partial charge in [0.05, 0.1) is 5.69 Å². The second-order valence-corrected chi connectivity index (χ2v) is 5.27. The third kappa shape index (κ3) is 2.27. The molecule has 0 saturated heterocycles. The smallest absolute Gasteiger partial charge is 0.184 e. The van der Waals surface area contributed by atoms with Crippen molar-refractivity contribution in [3.8, 4) is 0 Å². The van der Waals surface area contributed by atoms with E-state index in [1.807, 2.05) is 24.0 Å². The Balaban J connectivity index is 2.10. The van der Waals surface area contributed by atoms with Gasteiger partial charge in [0.2, 0.25) is 0 Å². The highest BCUT2D eigenvalue weighted by Crippen LogP contribution is 2.21. The summed E-state index contributed by atoms with van der Waals surface area (Å²) in [6.45, 7) is 4.88. The van der Waals surface area contributed by atoms with Crippen LogP contribution in [-0.4, -0.2) is 14.8 Å². The van der Waals surface area contributed by atoms with Crippen molar-refractivity contribution in [1.29, 1.82) is 0 Å². The van der Waals surface area contributed by atoms with E-state index in [2.05, 4.69) is 38.3 Å². The quantitative estimate of drug-likeness (QED) is 0.948. The van der Waals surface area contributed by atoms with Gasteiger partial charge in [-0.25, -0.2) is 4.98 Å². The van der Waals surface area contributed by atoms with Crippen LogP contribution in [0.5, 0.6) is 0 Å². The molecule has 6 heteroatoms. The molecule has 0 aliphatic carbocycles. The molecule has 0 unspecified atom stereocenters. The van der Waals surface area contributed by atoms with Gasteiger partial charge in [-0.3, -0.25) is 4.68 Å². The third-order valence-corrected chi connectivity index (χ3v) is 4.06. The Morgan fingerprint density at radius 1 is 1.50 bits per heavy atom. The maximum absolute atomic E-state index is 4.38. The highest BCUT2D eigenvalue weighted by atomic mass is 79.9. The van der Waals surface area contributed by atoms with Crippen LogP contribution in [0.15, 0.2) is 9.98 Å². The molecule has 0 aromatic carbocycles. The minimum atomic E-state index is 0.769. The zero-order chi connectivity index (χ0) is 11.7. The molecular weight excluding hydrogens is 288 g/mol. The molecule has 2 aromatic rings. The fourth-order valence-corrected chi connectivity index (χ4v) is 2.72. The Kier molecular flexibility index (Phi) is 3.30. The molecule has 16 heavy (non-hydrogen) atoms. The molecule has 1 N–H and O–H groups in total. The maximum Gasteiger partial charge on any atom is 0.184 e. The number of hydrogen-bond donors (Lipinski definition) is 1. The predicted molar refractivity (Wildman–Crippen MR) is 69.8 cm³/mol. The molecule has 2 rings (SSSR count). The van der Waals surface area contributed by atoms with Crippen molar-refractivity contribution in [2.45, 2.75) is 20.4 Å². The van der Waals surface area contributed by atoms with Crippen molar-refractivity contribution in [3.63, 3.8) is 0 Å². The van der Waals surface area contributed by atoms with E-state index in [1.54, 1.807) is 11.3 Å². The lowest BCUT2D eigenvalue weighted by Gasteiger charge is -2.03. The maximum atomic E-state index is 4.38. The molecular formula is C10H13BrN4S. The van der Waals surface area contributed by atoms with Crippen LogP contribution in [0, 0.1) is 13.8 Å². The first-order chi connectivity index (χ1) is 7.58. The van der Waals surface area contributed by atoms with Gasteiger partial charge in [0.15, 0.2) is 5.13 Å². The average Bonchev–Trinajstić information content (AvgIpc) is 2.72. The zero-order valence-corrected chi connectivity index (χ0v) is 11.8. The van der Waals surface area contributed by atoms with Gasteiger partial charge in [0, 0.05) is 30.2 Å². The average molecular weight is 301 g/mol. The number of hydrogen-bond acceptors (Lipinski definition) is 4. The molecule has 0 aliphatic heterocycles. The Morgan fingerprint density at radius 3 is 2.75 bits per heavy atom. The normalized spacial score (nSPS) is 10.8. The number of thiazole rings is 1. The molecule has 2 heterocycles. The minimum absolute atomic E-state index is 0.769. The number of halogens is 1. The van der Waals surface area contributed by atoms with Crippen LogP contribution in [0.25, 0.3) is 0 Å². The van der Waals surface area contributed by atoms with E-state index in [0.717, 1.165) is 22.0 Å². The lowest BCUT2D eigenvalue weighted by Crippen LogP contribution is -2.01. The Bertz CT molecular complexity index is 503. The van der Waals surface area contributed by atoms with Crippen molar-refractivity contribution in [2.24, 2.45) is 7.05 Å². The second-order valence-electron chi connectivity index (χ2n) is 3.60. The first-order valence-corrected chi connectivity index (χ1v) is 6.59. The largest absolute Gasteiger partial charge is 0.357 e. The Hall–Kier alpha value is -0.880. The molecule has 0 radical (unpaired) electrons. The van der Waals surface area contributed by atoms with Gasteiger partial charge in [0.25, 0.3) is 0 Å². The van der Waals surface area contributed by atoms with Gasteiger partial charge in [-0.15, -0.1) is 11.3 Å². The van der Waals surface area contributed by atoms with Crippen LogP contribution in [0.2, 0.25) is 0 Å². The fourth-order valence-electron chi connectivity index (χ4n) is 1.57. The number of nitrogens with one attached hydrogen (secondary N) is 1. The summed E-state index contributed by atoms with van der Waals surface area (Å²) in [5, 5.41) is 10.6. The number of anilines is 1. The first kappa shape index (κ1) is 11.6. The first-order valence-electron chi connectivity index (χ1n) is 4.92. The van der Waals surface area contributed by atoms with Gasteiger partial charge in [0.1, 0.15) is 4.60 Å². The summed E-state index contributed by atoms with van der Waals surface area (Å²) < 4.78 is 2.78. The van der Waals surface area contributed by atoms with Crippen LogP contribution in [0.3, 0.4) is 0 Å². The molecule has 0 fully saturated rings. The van der Waals surface area contributed by atoms with Gasteiger partial charge < -0.3 is 5.32 Å². The lowest BCUT2D eigenvalue weighted by molar-refractivity contribution is 0.730. The third-order valence-electron chi connectivity index (χ3n) is 2.55. The lowest BCUT2D eigenvalue weighted by atomic mass is 10.2. The van der Waals surface area contributed by atoms with Crippen molar-refractivity contribution in [3.05, 3.63) is 26.9 Å². The van der Waals surface area contributed by atoms with Crippen molar-refractivity contribution in [2.75, 3.05) is 5.32 Å². The monoisotopic (exact) mass is 300 g/mol. The summed E-state index contributed by atoms with van der Waals surface area (Å²) in [4.78, 5) is 4.29. The van der Waals surface area contributed by atoms with Crippen LogP contribution in [-0.2, 0) is 13.6 Å². The number of aromatic nitrogens is 3. The second kappa shape index (κ2) is 4.55. The van der Waals surface area contributed by atoms with Crippen LogP contribution >= 0.6 is 27.3 Å². The molecule has 0 amide bonds. The van der Waals surface area contributed by atoms with Gasteiger partial charge >= 0.3 is 0 Å². The number of aryl methyl sites for hydroxylation is 2. The van der Waals surface area contributed by atoms with E-state index >= 15 is 0 Å². The Morgan fingerprint density at radius 2 is 2.25 bits per heavy atom. The van der Waals surface area contributed by atoms with Crippen molar-refractivity contribution < 1.29 is 0 Å². The highest BCUT2D eigenvalue weighted by molar-refractivity contribution is 9.10. The predicted octanol–water partition coefficient (Wildman–Crippen LogP) is 2.87. The van der Waals surface area contributed by atoms with E-state index in [4.69, 9.17) is 0 Å².